The fraction of sp³-hybridized carbons (Fsp3) is 0.636. The number of anilines is 1. The highest BCUT2D eigenvalue weighted by Crippen LogP contribution is 2.23. The molecule has 1 saturated heterocycles. The zero-order valence-electron chi connectivity index (χ0n) is 18.5. The summed E-state index contributed by atoms with van der Waals surface area (Å²) in [7, 11) is -3.22. The zero-order chi connectivity index (χ0) is 22.3. The van der Waals surface area contributed by atoms with Gasteiger partial charge in [-0.05, 0) is 55.9 Å². The zero-order valence-corrected chi connectivity index (χ0v) is 19.3. The Morgan fingerprint density at radius 3 is 2.43 bits per heavy atom. The summed E-state index contributed by atoms with van der Waals surface area (Å²) in [5.74, 6) is 0.121. The Labute approximate surface area is 180 Å². The van der Waals surface area contributed by atoms with Crippen molar-refractivity contribution in [2.45, 2.75) is 53.4 Å². The number of carbonyl (C=O) groups excluding carboxylic acids is 2. The van der Waals surface area contributed by atoms with Crippen molar-refractivity contribution >= 4 is 27.5 Å². The van der Waals surface area contributed by atoms with E-state index in [1.54, 1.807) is 18.2 Å². The molecule has 0 aromatic heterocycles. The van der Waals surface area contributed by atoms with Crippen LogP contribution in [0, 0.1) is 18.8 Å². The van der Waals surface area contributed by atoms with Gasteiger partial charge in [0.1, 0.15) is 0 Å². The van der Waals surface area contributed by atoms with Crippen LogP contribution < -0.4 is 10.6 Å². The molecular weight excluding hydrogens is 402 g/mol. The minimum Gasteiger partial charge on any atom is -0.352 e. The summed E-state index contributed by atoms with van der Waals surface area (Å²) in [6.07, 6.45) is 2.54. The average Bonchev–Trinajstić information content (AvgIpc) is 2.72. The number of hydrogen-bond acceptors (Lipinski definition) is 4. The Morgan fingerprint density at radius 2 is 1.87 bits per heavy atom. The lowest BCUT2D eigenvalue weighted by molar-refractivity contribution is -0.120. The van der Waals surface area contributed by atoms with E-state index in [2.05, 4.69) is 10.6 Å². The smallest absolute Gasteiger partial charge is 0.251 e. The molecule has 2 N–H and O–H groups in total. The second-order valence-corrected chi connectivity index (χ2v) is 10.6. The van der Waals surface area contributed by atoms with Gasteiger partial charge in [-0.2, -0.15) is 0 Å². The van der Waals surface area contributed by atoms with Gasteiger partial charge in [-0.15, -0.1) is 0 Å². The monoisotopic (exact) mass is 437 g/mol. The van der Waals surface area contributed by atoms with E-state index in [0.717, 1.165) is 12.0 Å². The highest BCUT2D eigenvalue weighted by atomic mass is 32.2. The molecule has 7 nitrogen and oxygen atoms in total. The number of carbonyl (C=O) groups is 2. The Bertz CT molecular complexity index is 844. The molecule has 2 rings (SSSR count). The van der Waals surface area contributed by atoms with Crippen molar-refractivity contribution in [3.63, 3.8) is 0 Å². The largest absolute Gasteiger partial charge is 0.352 e. The van der Waals surface area contributed by atoms with Crippen LogP contribution in [-0.2, 0) is 14.8 Å². The van der Waals surface area contributed by atoms with Crippen LogP contribution in [0.4, 0.5) is 5.69 Å². The van der Waals surface area contributed by atoms with E-state index >= 15 is 0 Å². The van der Waals surface area contributed by atoms with Crippen molar-refractivity contribution in [1.82, 2.24) is 9.62 Å². The van der Waals surface area contributed by atoms with Gasteiger partial charge in [-0.1, -0.05) is 27.2 Å². The molecule has 1 heterocycles. The van der Waals surface area contributed by atoms with Crippen molar-refractivity contribution < 1.29 is 18.0 Å². The van der Waals surface area contributed by atoms with Gasteiger partial charge in [-0.25, -0.2) is 12.7 Å². The predicted octanol–water partition coefficient (Wildman–Crippen LogP) is 3.16. The van der Waals surface area contributed by atoms with E-state index < -0.39 is 10.0 Å². The van der Waals surface area contributed by atoms with Crippen molar-refractivity contribution in [3.8, 4) is 0 Å². The number of rotatable bonds is 9. The van der Waals surface area contributed by atoms with Crippen molar-refractivity contribution in [2.24, 2.45) is 11.8 Å². The molecule has 30 heavy (non-hydrogen) atoms. The molecule has 0 saturated carbocycles. The summed E-state index contributed by atoms with van der Waals surface area (Å²) in [5, 5.41) is 5.83. The Kier molecular flexibility index (Phi) is 8.85. The first kappa shape index (κ1) is 24.3. The fourth-order valence-electron chi connectivity index (χ4n) is 3.43. The predicted molar refractivity (Wildman–Crippen MR) is 120 cm³/mol. The van der Waals surface area contributed by atoms with Gasteiger partial charge in [0.15, 0.2) is 0 Å². The number of benzene rings is 1. The van der Waals surface area contributed by atoms with Crippen LogP contribution in [0.25, 0.3) is 0 Å². The summed E-state index contributed by atoms with van der Waals surface area (Å²) in [4.78, 5) is 24.9. The molecule has 0 spiro atoms. The molecule has 1 fully saturated rings. The SMILES string of the molecule is CCCCS(=O)(=O)N1CCC(C(=O)Nc2ccc(C(=O)NCC(C)C)cc2C)CC1. The first-order valence-electron chi connectivity index (χ1n) is 10.8. The first-order chi connectivity index (χ1) is 14.1. The standard InChI is InChI=1S/C22H35N3O4S/c1-5-6-13-30(28,29)25-11-9-18(10-12-25)22(27)24-20-8-7-19(14-17(20)4)21(26)23-15-16(2)3/h7-8,14,16,18H,5-6,9-13,15H2,1-4H3,(H,23,26)(H,24,27). The summed E-state index contributed by atoms with van der Waals surface area (Å²) in [6, 6.07) is 5.23. The lowest BCUT2D eigenvalue weighted by Crippen LogP contribution is -2.42. The number of nitrogens with zero attached hydrogens (tertiary/aromatic N) is 1. The normalized spacial score (nSPS) is 15.9. The lowest BCUT2D eigenvalue weighted by atomic mass is 9.97. The molecule has 8 heteroatoms. The second-order valence-electron chi connectivity index (χ2n) is 8.47. The fourth-order valence-corrected chi connectivity index (χ4v) is 5.11. The van der Waals surface area contributed by atoms with Crippen LogP contribution in [0.5, 0.6) is 0 Å². The van der Waals surface area contributed by atoms with Crippen LogP contribution in [-0.4, -0.2) is 49.9 Å². The Morgan fingerprint density at radius 1 is 1.20 bits per heavy atom. The molecule has 0 unspecified atom stereocenters. The van der Waals surface area contributed by atoms with Gasteiger partial charge >= 0.3 is 0 Å². The van der Waals surface area contributed by atoms with Crippen LogP contribution in [0.3, 0.4) is 0 Å². The summed E-state index contributed by atoms with van der Waals surface area (Å²) < 4.78 is 26.2. The number of hydrogen-bond donors (Lipinski definition) is 2. The third-order valence-electron chi connectivity index (χ3n) is 5.39. The maximum atomic E-state index is 12.7. The maximum Gasteiger partial charge on any atom is 0.251 e. The van der Waals surface area contributed by atoms with Gasteiger partial charge in [-0.3, -0.25) is 9.59 Å². The summed E-state index contributed by atoms with van der Waals surface area (Å²) in [5.41, 5.74) is 2.07. The van der Waals surface area contributed by atoms with Crippen LogP contribution in [0.15, 0.2) is 18.2 Å². The number of sulfonamides is 1. The number of aryl methyl sites for hydroxylation is 1. The summed E-state index contributed by atoms with van der Waals surface area (Å²) >= 11 is 0. The van der Waals surface area contributed by atoms with Crippen molar-refractivity contribution in [1.29, 1.82) is 0 Å². The van der Waals surface area contributed by atoms with Crippen molar-refractivity contribution in [2.75, 3.05) is 30.7 Å². The van der Waals surface area contributed by atoms with E-state index in [4.69, 9.17) is 0 Å². The number of amides is 2. The molecule has 1 aromatic carbocycles. The Hall–Kier alpha value is -1.93. The van der Waals surface area contributed by atoms with Gasteiger partial charge in [0.2, 0.25) is 15.9 Å². The molecular formula is C22H35N3O4S. The third-order valence-corrected chi connectivity index (χ3v) is 7.35. The molecule has 0 atom stereocenters. The van der Waals surface area contributed by atoms with Gasteiger partial charge < -0.3 is 10.6 Å². The van der Waals surface area contributed by atoms with Crippen LogP contribution in [0.1, 0.15) is 62.4 Å². The Balaban J connectivity index is 1.92. The van der Waals surface area contributed by atoms with Gasteiger partial charge in [0.25, 0.3) is 5.91 Å². The lowest BCUT2D eigenvalue weighted by Gasteiger charge is -2.30. The molecule has 1 aliphatic heterocycles. The van der Waals surface area contributed by atoms with E-state index in [1.807, 2.05) is 27.7 Å². The third kappa shape index (κ3) is 6.80. The minimum absolute atomic E-state index is 0.0966. The van der Waals surface area contributed by atoms with Crippen LogP contribution in [0.2, 0.25) is 0 Å². The van der Waals surface area contributed by atoms with E-state index in [0.29, 0.717) is 56.1 Å². The van der Waals surface area contributed by atoms with E-state index in [-0.39, 0.29) is 23.5 Å². The number of piperidine rings is 1. The van der Waals surface area contributed by atoms with Crippen LogP contribution >= 0.6 is 0 Å². The first-order valence-corrected chi connectivity index (χ1v) is 12.4. The highest BCUT2D eigenvalue weighted by molar-refractivity contribution is 7.89. The molecule has 0 aliphatic carbocycles. The quantitative estimate of drug-likeness (QED) is 0.620. The molecule has 0 radical (unpaired) electrons. The van der Waals surface area contributed by atoms with Crippen molar-refractivity contribution in [3.05, 3.63) is 29.3 Å². The molecule has 168 valence electrons. The summed E-state index contributed by atoms with van der Waals surface area (Å²) in [6.45, 7) is 9.29. The molecule has 1 aliphatic rings. The number of nitrogens with one attached hydrogen (secondary N) is 2. The number of unbranched alkanes of at least 4 members (excludes halogenated alkanes) is 1. The average molecular weight is 438 g/mol. The van der Waals surface area contributed by atoms with Gasteiger partial charge in [0.05, 0.1) is 5.75 Å². The molecule has 0 bridgehead atoms. The highest BCUT2D eigenvalue weighted by Gasteiger charge is 2.30. The van der Waals surface area contributed by atoms with Gasteiger partial charge in [0, 0.05) is 36.8 Å². The van der Waals surface area contributed by atoms with E-state index in [9.17, 15) is 18.0 Å². The second kappa shape index (κ2) is 10.9. The minimum atomic E-state index is -3.22. The molecule has 1 aromatic rings. The maximum absolute atomic E-state index is 12.7. The topological polar surface area (TPSA) is 95.6 Å². The molecule has 2 amide bonds. The van der Waals surface area contributed by atoms with E-state index in [1.165, 1.54) is 4.31 Å².